The predicted molar refractivity (Wildman–Crippen MR) is 127 cm³/mol. The number of aryl methyl sites for hydroxylation is 1. The molecular formula is C24H25ClN6. The summed E-state index contributed by atoms with van der Waals surface area (Å²) in [6.07, 6.45) is 3.82. The number of fused-ring (bicyclic) bond motifs is 1. The molecule has 31 heavy (non-hydrogen) atoms. The molecule has 0 aliphatic carbocycles. The number of anilines is 2. The first kappa shape index (κ1) is 19.8. The van der Waals surface area contributed by atoms with E-state index in [2.05, 4.69) is 31.3 Å². The number of rotatable bonds is 4. The van der Waals surface area contributed by atoms with Crippen LogP contribution in [0.15, 0.2) is 60.9 Å². The zero-order valence-electron chi connectivity index (χ0n) is 17.5. The molecule has 6 nitrogen and oxygen atoms in total. The fourth-order valence-electron chi connectivity index (χ4n) is 4.17. The van der Waals surface area contributed by atoms with Crippen molar-refractivity contribution in [3.63, 3.8) is 0 Å². The molecule has 3 aromatic heterocycles. The van der Waals surface area contributed by atoms with Crippen molar-refractivity contribution < 1.29 is 0 Å². The van der Waals surface area contributed by atoms with Crippen molar-refractivity contribution in [2.24, 2.45) is 0 Å². The van der Waals surface area contributed by atoms with Gasteiger partial charge in [-0.05, 0) is 48.9 Å². The minimum Gasteiger partial charge on any atom is -0.398 e. The Labute approximate surface area is 186 Å². The molecule has 1 aliphatic heterocycles. The zero-order valence-corrected chi connectivity index (χ0v) is 18.3. The molecule has 158 valence electrons. The maximum Gasteiger partial charge on any atom is 0.137 e. The van der Waals surface area contributed by atoms with E-state index < -0.39 is 0 Å². The predicted octanol–water partition coefficient (Wildman–Crippen LogP) is 4.26. The Balaban J connectivity index is 1.45. The first-order valence-corrected chi connectivity index (χ1v) is 10.9. The summed E-state index contributed by atoms with van der Waals surface area (Å²) in [7, 11) is 0. The van der Waals surface area contributed by atoms with Crippen molar-refractivity contribution in [1.29, 1.82) is 0 Å². The Bertz CT molecular complexity index is 1210. The van der Waals surface area contributed by atoms with Crippen molar-refractivity contribution in [2.45, 2.75) is 13.5 Å². The first-order chi connectivity index (χ1) is 15.1. The van der Waals surface area contributed by atoms with Gasteiger partial charge in [-0.1, -0.05) is 23.7 Å². The summed E-state index contributed by atoms with van der Waals surface area (Å²) in [6, 6.07) is 16.0. The summed E-state index contributed by atoms with van der Waals surface area (Å²) in [4.78, 5) is 14.2. The molecule has 0 atom stereocenters. The van der Waals surface area contributed by atoms with Crippen molar-refractivity contribution >= 4 is 28.8 Å². The Morgan fingerprint density at radius 3 is 2.61 bits per heavy atom. The van der Waals surface area contributed by atoms with Crippen LogP contribution in [0.2, 0.25) is 5.02 Å². The summed E-state index contributed by atoms with van der Waals surface area (Å²) in [5.41, 5.74) is 12.0. The third-order valence-electron chi connectivity index (χ3n) is 5.89. The van der Waals surface area contributed by atoms with E-state index in [9.17, 15) is 0 Å². The van der Waals surface area contributed by atoms with Crippen molar-refractivity contribution in [2.75, 3.05) is 36.8 Å². The minimum absolute atomic E-state index is 0.727. The molecule has 7 heteroatoms. The lowest BCUT2D eigenvalue weighted by atomic mass is 10.1. The molecule has 0 bridgehead atoms. The quantitative estimate of drug-likeness (QED) is 0.522. The number of hydrogen-bond donors (Lipinski definition) is 1. The number of nitrogens with zero attached hydrogens (tertiary/aromatic N) is 5. The van der Waals surface area contributed by atoms with E-state index in [0.29, 0.717) is 0 Å². The van der Waals surface area contributed by atoms with Crippen LogP contribution < -0.4 is 10.6 Å². The second-order valence-electron chi connectivity index (χ2n) is 8.01. The van der Waals surface area contributed by atoms with E-state index in [0.717, 1.165) is 77.4 Å². The first-order valence-electron chi connectivity index (χ1n) is 10.5. The Morgan fingerprint density at radius 2 is 1.87 bits per heavy atom. The number of imidazole rings is 1. The fourth-order valence-corrected chi connectivity index (χ4v) is 4.29. The van der Waals surface area contributed by atoms with Crippen LogP contribution in [0, 0.1) is 6.92 Å². The highest BCUT2D eigenvalue weighted by molar-refractivity contribution is 6.31. The summed E-state index contributed by atoms with van der Waals surface area (Å²) in [6.45, 7) is 6.65. The Hall–Kier alpha value is -3.09. The highest BCUT2D eigenvalue weighted by Gasteiger charge is 2.22. The maximum atomic E-state index is 6.27. The Morgan fingerprint density at radius 1 is 1.03 bits per heavy atom. The average molecular weight is 433 g/mol. The number of nitrogen functional groups attached to an aromatic ring is 1. The topological polar surface area (TPSA) is 62.7 Å². The molecule has 4 aromatic rings. The van der Waals surface area contributed by atoms with E-state index >= 15 is 0 Å². The molecule has 0 saturated carbocycles. The number of aromatic nitrogens is 3. The number of nitrogens with two attached hydrogens (primary N) is 1. The van der Waals surface area contributed by atoms with Crippen LogP contribution in [0.1, 0.15) is 11.3 Å². The largest absolute Gasteiger partial charge is 0.398 e. The summed E-state index contributed by atoms with van der Waals surface area (Å²) < 4.78 is 2.12. The van der Waals surface area contributed by atoms with Gasteiger partial charge in [0.15, 0.2) is 0 Å². The van der Waals surface area contributed by atoms with Crippen LogP contribution in [-0.4, -0.2) is 45.4 Å². The summed E-state index contributed by atoms with van der Waals surface area (Å²) >= 11 is 6.27. The van der Waals surface area contributed by atoms with Gasteiger partial charge in [0, 0.05) is 61.4 Å². The van der Waals surface area contributed by atoms with Crippen LogP contribution in [0.25, 0.3) is 16.9 Å². The molecule has 1 fully saturated rings. The van der Waals surface area contributed by atoms with Crippen molar-refractivity contribution in [1.82, 2.24) is 19.3 Å². The number of pyridine rings is 2. The molecule has 0 unspecified atom stereocenters. The molecule has 5 rings (SSSR count). The molecule has 1 aliphatic rings. The van der Waals surface area contributed by atoms with Gasteiger partial charge in [0.05, 0.1) is 11.4 Å². The van der Waals surface area contributed by atoms with E-state index in [1.165, 1.54) is 0 Å². The van der Waals surface area contributed by atoms with E-state index in [-0.39, 0.29) is 0 Å². The molecule has 0 spiro atoms. The number of hydrogen-bond acceptors (Lipinski definition) is 5. The minimum atomic E-state index is 0.727. The van der Waals surface area contributed by atoms with Crippen molar-refractivity contribution in [3.8, 4) is 11.3 Å². The van der Waals surface area contributed by atoms with Crippen LogP contribution in [0.4, 0.5) is 11.5 Å². The van der Waals surface area contributed by atoms with E-state index in [1.54, 1.807) is 0 Å². The molecule has 4 heterocycles. The number of piperazine rings is 1. The second-order valence-corrected chi connectivity index (χ2v) is 8.42. The van der Waals surface area contributed by atoms with Crippen LogP contribution >= 0.6 is 11.6 Å². The smallest absolute Gasteiger partial charge is 0.137 e. The Kier molecular flexibility index (Phi) is 5.26. The SMILES string of the molecule is Cc1cc(-c2nc3ccc(N)cn3c2CN2CCN(c3ccccn3)CC2)ccc1Cl. The highest BCUT2D eigenvalue weighted by Crippen LogP contribution is 2.29. The summed E-state index contributed by atoms with van der Waals surface area (Å²) in [5.74, 6) is 1.04. The third kappa shape index (κ3) is 3.96. The van der Waals surface area contributed by atoms with Gasteiger partial charge in [0.2, 0.25) is 0 Å². The van der Waals surface area contributed by atoms with Gasteiger partial charge in [-0.3, -0.25) is 4.90 Å². The fraction of sp³-hybridized carbons (Fsp3) is 0.250. The van der Waals surface area contributed by atoms with Crippen molar-refractivity contribution in [3.05, 3.63) is 77.2 Å². The summed E-state index contributed by atoms with van der Waals surface area (Å²) in [5, 5.41) is 0.768. The maximum absolute atomic E-state index is 6.27. The molecule has 0 amide bonds. The van der Waals surface area contributed by atoms with Gasteiger partial charge in [-0.15, -0.1) is 0 Å². The molecule has 2 N–H and O–H groups in total. The zero-order chi connectivity index (χ0) is 21.4. The second kappa shape index (κ2) is 8.21. The van der Waals surface area contributed by atoms with E-state index in [1.807, 2.05) is 55.7 Å². The lowest BCUT2D eigenvalue weighted by Crippen LogP contribution is -2.46. The van der Waals surface area contributed by atoms with Gasteiger partial charge in [-0.2, -0.15) is 0 Å². The normalized spacial score (nSPS) is 15.0. The van der Waals surface area contributed by atoms with Gasteiger partial charge < -0.3 is 15.0 Å². The van der Waals surface area contributed by atoms with Gasteiger partial charge >= 0.3 is 0 Å². The van der Waals surface area contributed by atoms with Gasteiger partial charge in [-0.25, -0.2) is 9.97 Å². The van der Waals surface area contributed by atoms with Gasteiger partial charge in [0.1, 0.15) is 11.5 Å². The molecule has 1 saturated heterocycles. The van der Waals surface area contributed by atoms with Crippen LogP contribution in [0.5, 0.6) is 0 Å². The molecular weight excluding hydrogens is 408 g/mol. The number of halogens is 1. The molecule has 0 radical (unpaired) electrons. The monoisotopic (exact) mass is 432 g/mol. The van der Waals surface area contributed by atoms with Crippen LogP contribution in [0.3, 0.4) is 0 Å². The highest BCUT2D eigenvalue weighted by atomic mass is 35.5. The van der Waals surface area contributed by atoms with Crippen LogP contribution in [-0.2, 0) is 6.54 Å². The lowest BCUT2D eigenvalue weighted by molar-refractivity contribution is 0.246. The molecule has 1 aromatic carbocycles. The average Bonchev–Trinajstić information content (AvgIpc) is 3.14. The third-order valence-corrected chi connectivity index (χ3v) is 6.31. The van der Waals surface area contributed by atoms with Gasteiger partial charge in [0.25, 0.3) is 0 Å². The standard InChI is InChI=1S/C24H25ClN6/c1-17-14-18(5-7-20(17)25)24-21(31-15-19(26)6-8-23(31)28-24)16-29-10-12-30(13-11-29)22-4-2-3-9-27-22/h2-9,14-15H,10-13,16,26H2,1H3. The number of benzene rings is 1. The van der Waals surface area contributed by atoms with E-state index in [4.69, 9.17) is 22.3 Å². The lowest BCUT2D eigenvalue weighted by Gasteiger charge is -2.35.